The van der Waals surface area contributed by atoms with E-state index in [1.54, 1.807) is 0 Å². The van der Waals surface area contributed by atoms with E-state index >= 15 is 0 Å². The summed E-state index contributed by atoms with van der Waals surface area (Å²) >= 11 is 1.88. The molecular formula is C52H36N2S. The maximum atomic E-state index is 2.47. The summed E-state index contributed by atoms with van der Waals surface area (Å²) < 4.78 is 2.54. The average molecular weight is 721 g/mol. The number of nitrogens with zero attached hydrogens (tertiary/aromatic N) is 2. The van der Waals surface area contributed by atoms with E-state index in [2.05, 4.69) is 228 Å². The predicted molar refractivity (Wildman–Crippen MR) is 237 cm³/mol. The highest BCUT2D eigenvalue weighted by Gasteiger charge is 2.25. The Morgan fingerprint density at radius 2 is 0.873 bits per heavy atom. The van der Waals surface area contributed by atoms with Gasteiger partial charge in [-0.25, -0.2) is 0 Å². The Bertz CT molecular complexity index is 2900. The number of hydrogen-bond donors (Lipinski definition) is 0. The third-order valence-electron chi connectivity index (χ3n) is 10.4. The molecule has 260 valence electrons. The molecule has 10 aromatic rings. The first-order valence-corrected chi connectivity index (χ1v) is 19.5. The molecule has 0 fully saturated rings. The molecule has 0 aliphatic rings. The van der Waals surface area contributed by atoms with Crippen molar-refractivity contribution in [3.8, 4) is 22.3 Å². The highest BCUT2D eigenvalue weighted by Crippen LogP contribution is 2.51. The third-order valence-corrected chi connectivity index (χ3v) is 11.6. The SMILES string of the molecule is c1ccc(-c2ccc(N(c3ccccc3)c3cc(N(c4ccccc4)c4ccccc4-c4ccccc4)c4c(c3)sc3c5ccccc5ccc34)cc2)cc1. The Kier molecular flexibility index (Phi) is 8.40. The molecule has 0 bridgehead atoms. The van der Waals surface area contributed by atoms with Crippen LogP contribution in [0.3, 0.4) is 0 Å². The minimum Gasteiger partial charge on any atom is -0.310 e. The van der Waals surface area contributed by atoms with Crippen molar-refractivity contribution in [2.24, 2.45) is 0 Å². The Morgan fingerprint density at radius 3 is 1.58 bits per heavy atom. The fourth-order valence-corrected chi connectivity index (χ4v) is 9.17. The number of thiophene rings is 1. The van der Waals surface area contributed by atoms with Crippen molar-refractivity contribution < 1.29 is 0 Å². The van der Waals surface area contributed by atoms with Gasteiger partial charge in [-0.2, -0.15) is 0 Å². The lowest BCUT2D eigenvalue weighted by Gasteiger charge is -2.31. The van der Waals surface area contributed by atoms with Crippen molar-refractivity contribution in [1.82, 2.24) is 0 Å². The van der Waals surface area contributed by atoms with Gasteiger partial charge in [-0.1, -0.05) is 164 Å². The molecule has 1 aromatic heterocycles. The number of hydrogen-bond acceptors (Lipinski definition) is 3. The van der Waals surface area contributed by atoms with Crippen LogP contribution in [0.2, 0.25) is 0 Å². The van der Waals surface area contributed by atoms with Gasteiger partial charge in [-0.05, 0) is 82.1 Å². The highest BCUT2D eigenvalue weighted by atomic mass is 32.1. The van der Waals surface area contributed by atoms with Crippen LogP contribution in [0.25, 0.3) is 53.2 Å². The largest absolute Gasteiger partial charge is 0.310 e. The molecule has 0 unspecified atom stereocenters. The minimum absolute atomic E-state index is 1.09. The smallest absolute Gasteiger partial charge is 0.0575 e. The standard InChI is InChI=1S/C52H36N2S/c1-5-17-37(18-6-1)38-29-32-43(33-30-38)53(41-22-9-3-10-23-41)44-35-49(51-47-34-31-40-21-13-14-27-46(40)52(47)55-50(51)36-44)54(42-24-11-4-12-25-42)48-28-16-15-26-45(48)39-19-7-2-8-20-39/h1-36H. The van der Waals surface area contributed by atoms with Crippen LogP contribution in [-0.2, 0) is 0 Å². The Hall–Kier alpha value is -6.94. The van der Waals surface area contributed by atoms with Gasteiger partial charge in [0.25, 0.3) is 0 Å². The zero-order chi connectivity index (χ0) is 36.6. The fourth-order valence-electron chi connectivity index (χ4n) is 7.88. The fraction of sp³-hybridized carbons (Fsp3) is 0. The van der Waals surface area contributed by atoms with Crippen LogP contribution >= 0.6 is 11.3 Å². The quantitative estimate of drug-likeness (QED) is 0.154. The Labute approximate surface area is 325 Å². The van der Waals surface area contributed by atoms with Crippen LogP contribution in [0.1, 0.15) is 0 Å². The van der Waals surface area contributed by atoms with E-state index in [9.17, 15) is 0 Å². The van der Waals surface area contributed by atoms with Gasteiger partial charge in [0.05, 0.1) is 11.4 Å². The summed E-state index contributed by atoms with van der Waals surface area (Å²) in [6.45, 7) is 0. The molecular weight excluding hydrogens is 685 g/mol. The molecule has 0 N–H and O–H groups in total. The van der Waals surface area contributed by atoms with Gasteiger partial charge >= 0.3 is 0 Å². The zero-order valence-electron chi connectivity index (χ0n) is 30.1. The van der Waals surface area contributed by atoms with Crippen molar-refractivity contribution in [2.75, 3.05) is 9.80 Å². The zero-order valence-corrected chi connectivity index (χ0v) is 30.9. The Balaban J connectivity index is 1.28. The number of rotatable bonds is 8. The molecule has 0 spiro atoms. The summed E-state index contributed by atoms with van der Waals surface area (Å²) in [5.41, 5.74) is 11.4. The van der Waals surface area contributed by atoms with E-state index < -0.39 is 0 Å². The van der Waals surface area contributed by atoms with E-state index in [0.29, 0.717) is 0 Å². The molecule has 55 heavy (non-hydrogen) atoms. The van der Waals surface area contributed by atoms with Crippen molar-refractivity contribution in [1.29, 1.82) is 0 Å². The second-order valence-corrected chi connectivity index (χ2v) is 14.8. The lowest BCUT2D eigenvalue weighted by molar-refractivity contribution is 1.26. The van der Waals surface area contributed by atoms with Gasteiger partial charge in [0.2, 0.25) is 0 Å². The summed E-state index contributed by atoms with van der Waals surface area (Å²) in [5, 5.41) is 5.04. The molecule has 0 atom stereocenters. The lowest BCUT2D eigenvalue weighted by Crippen LogP contribution is -2.14. The second kappa shape index (κ2) is 14.1. The van der Waals surface area contributed by atoms with Crippen molar-refractivity contribution in [3.05, 3.63) is 218 Å². The Morgan fingerprint density at radius 1 is 0.327 bits per heavy atom. The maximum Gasteiger partial charge on any atom is 0.0575 e. The minimum atomic E-state index is 1.09. The van der Waals surface area contributed by atoms with Gasteiger partial charge in [-0.15, -0.1) is 11.3 Å². The van der Waals surface area contributed by atoms with Crippen molar-refractivity contribution in [2.45, 2.75) is 0 Å². The van der Waals surface area contributed by atoms with Crippen molar-refractivity contribution in [3.63, 3.8) is 0 Å². The van der Waals surface area contributed by atoms with E-state index in [1.807, 2.05) is 11.3 Å². The normalized spacial score (nSPS) is 11.3. The first kappa shape index (κ1) is 32.7. The molecule has 3 heteroatoms. The van der Waals surface area contributed by atoms with Crippen LogP contribution in [0.5, 0.6) is 0 Å². The van der Waals surface area contributed by atoms with Crippen LogP contribution in [0, 0.1) is 0 Å². The monoisotopic (exact) mass is 720 g/mol. The van der Waals surface area contributed by atoms with Gasteiger partial charge in [-0.3, -0.25) is 0 Å². The molecule has 9 aromatic carbocycles. The summed E-state index contributed by atoms with van der Waals surface area (Å²) in [4.78, 5) is 4.86. The van der Waals surface area contributed by atoms with Crippen LogP contribution in [0.4, 0.5) is 34.1 Å². The number of benzene rings is 9. The second-order valence-electron chi connectivity index (χ2n) is 13.7. The predicted octanol–water partition coefficient (Wildman–Crippen LogP) is 15.5. The maximum absolute atomic E-state index is 2.47. The van der Waals surface area contributed by atoms with Crippen LogP contribution < -0.4 is 9.80 Å². The van der Waals surface area contributed by atoms with Crippen LogP contribution in [-0.4, -0.2) is 0 Å². The summed E-state index contributed by atoms with van der Waals surface area (Å²) in [7, 11) is 0. The first-order chi connectivity index (χ1) is 27.3. The number of fused-ring (bicyclic) bond motifs is 5. The summed E-state index contributed by atoms with van der Waals surface area (Å²) in [6, 6.07) is 78.8. The topological polar surface area (TPSA) is 6.48 Å². The molecule has 10 rings (SSSR count). The van der Waals surface area contributed by atoms with E-state index in [-0.39, 0.29) is 0 Å². The first-order valence-electron chi connectivity index (χ1n) is 18.7. The lowest BCUT2D eigenvalue weighted by atomic mass is 10.00. The van der Waals surface area contributed by atoms with Crippen LogP contribution in [0.15, 0.2) is 218 Å². The highest BCUT2D eigenvalue weighted by molar-refractivity contribution is 7.26. The molecule has 0 aliphatic carbocycles. The van der Waals surface area contributed by atoms with Crippen molar-refractivity contribution >= 4 is 76.4 Å². The molecule has 0 radical (unpaired) electrons. The molecule has 0 aliphatic heterocycles. The van der Waals surface area contributed by atoms with Gasteiger partial charge in [0, 0.05) is 48.5 Å². The average Bonchev–Trinajstić information content (AvgIpc) is 3.65. The van der Waals surface area contributed by atoms with E-state index in [0.717, 1.165) is 34.1 Å². The van der Waals surface area contributed by atoms with E-state index in [1.165, 1.54) is 53.2 Å². The van der Waals surface area contributed by atoms with Gasteiger partial charge < -0.3 is 9.80 Å². The van der Waals surface area contributed by atoms with Gasteiger partial charge in [0.1, 0.15) is 0 Å². The molecule has 2 nitrogen and oxygen atoms in total. The molecule has 0 saturated carbocycles. The molecule has 0 amide bonds. The molecule has 1 heterocycles. The third kappa shape index (κ3) is 6.01. The van der Waals surface area contributed by atoms with Gasteiger partial charge in [0.15, 0.2) is 0 Å². The number of anilines is 6. The summed E-state index contributed by atoms with van der Waals surface area (Å²) in [6.07, 6.45) is 0. The number of para-hydroxylation sites is 3. The summed E-state index contributed by atoms with van der Waals surface area (Å²) in [5.74, 6) is 0. The van der Waals surface area contributed by atoms with E-state index in [4.69, 9.17) is 0 Å². The molecule has 0 saturated heterocycles.